The van der Waals surface area contributed by atoms with Gasteiger partial charge < -0.3 is 15.1 Å². The average molecular weight is 399 g/mol. The first kappa shape index (κ1) is 19.7. The summed E-state index contributed by atoms with van der Waals surface area (Å²) in [6.07, 6.45) is 1.44. The van der Waals surface area contributed by atoms with Crippen LogP contribution in [0.2, 0.25) is 5.02 Å². The fourth-order valence-corrected chi connectivity index (χ4v) is 3.30. The normalized spacial score (nSPS) is 14.6. The second-order valence-electron chi connectivity index (χ2n) is 6.53. The summed E-state index contributed by atoms with van der Waals surface area (Å²) >= 11 is 5.94. The fraction of sp³-hybridized carbons (Fsp3) is 0.238. The van der Waals surface area contributed by atoms with Crippen molar-refractivity contribution in [2.24, 2.45) is 0 Å². The lowest BCUT2D eigenvalue weighted by molar-refractivity contribution is -0.127. The Morgan fingerprint density at radius 3 is 2.46 bits per heavy atom. The minimum atomic E-state index is -0.305. The van der Waals surface area contributed by atoms with E-state index in [0.717, 1.165) is 16.9 Å². The van der Waals surface area contributed by atoms with E-state index in [1.807, 2.05) is 13.0 Å². The van der Waals surface area contributed by atoms with Gasteiger partial charge in [-0.3, -0.25) is 4.79 Å². The number of carbonyl (C=O) groups excluding carboxylic acids is 1. The molecule has 5 nitrogen and oxygen atoms in total. The van der Waals surface area contributed by atoms with Crippen LogP contribution >= 0.6 is 11.6 Å². The molecule has 2 aromatic rings. The zero-order valence-corrected chi connectivity index (χ0v) is 16.2. The number of piperazine rings is 1. The molecular formula is C21H20ClFN4O. The lowest BCUT2D eigenvalue weighted by Crippen LogP contribution is -2.49. The van der Waals surface area contributed by atoms with Crippen molar-refractivity contribution in [3.63, 3.8) is 0 Å². The number of nitrogens with zero attached hydrogens (tertiary/aromatic N) is 3. The fourth-order valence-electron chi connectivity index (χ4n) is 3.07. The monoisotopic (exact) mass is 398 g/mol. The van der Waals surface area contributed by atoms with Crippen molar-refractivity contribution in [1.29, 1.82) is 5.26 Å². The minimum Gasteiger partial charge on any atom is -0.368 e. The Morgan fingerprint density at radius 2 is 1.86 bits per heavy atom. The van der Waals surface area contributed by atoms with E-state index in [1.54, 1.807) is 35.2 Å². The van der Waals surface area contributed by atoms with Gasteiger partial charge >= 0.3 is 0 Å². The SMILES string of the molecule is Cc1cc(Cl)ccc1N/C=C(/C#N)C(=O)N1CCN(c2ccc(F)cc2)CC1. The molecule has 0 aliphatic carbocycles. The van der Waals surface area contributed by atoms with Gasteiger partial charge in [-0.25, -0.2) is 4.39 Å². The molecule has 2 aromatic carbocycles. The Kier molecular flexibility index (Phi) is 6.17. The number of rotatable bonds is 4. The Balaban J connectivity index is 1.62. The molecule has 0 atom stereocenters. The molecule has 0 aromatic heterocycles. The molecule has 1 N–H and O–H groups in total. The van der Waals surface area contributed by atoms with Crippen molar-refractivity contribution in [2.45, 2.75) is 6.92 Å². The molecule has 1 aliphatic heterocycles. The summed E-state index contributed by atoms with van der Waals surface area (Å²) in [7, 11) is 0. The van der Waals surface area contributed by atoms with Gasteiger partial charge in [0.1, 0.15) is 17.5 Å². The van der Waals surface area contributed by atoms with Crippen LogP contribution in [0, 0.1) is 24.1 Å². The Bertz CT molecular complexity index is 928. The van der Waals surface area contributed by atoms with Crippen LogP contribution in [0.4, 0.5) is 15.8 Å². The summed E-state index contributed by atoms with van der Waals surface area (Å²) in [5.41, 5.74) is 2.67. The summed E-state index contributed by atoms with van der Waals surface area (Å²) in [4.78, 5) is 16.4. The van der Waals surface area contributed by atoms with Gasteiger partial charge in [0.2, 0.25) is 0 Å². The van der Waals surface area contributed by atoms with Crippen molar-refractivity contribution in [1.82, 2.24) is 4.90 Å². The maximum Gasteiger partial charge on any atom is 0.266 e. The zero-order valence-electron chi connectivity index (χ0n) is 15.5. The number of nitriles is 1. The molecule has 7 heteroatoms. The van der Waals surface area contributed by atoms with Crippen LogP contribution in [0.25, 0.3) is 0 Å². The summed E-state index contributed by atoms with van der Waals surface area (Å²) < 4.78 is 13.1. The van der Waals surface area contributed by atoms with E-state index in [2.05, 4.69) is 10.2 Å². The molecular weight excluding hydrogens is 379 g/mol. The highest BCUT2D eigenvalue weighted by Crippen LogP contribution is 2.20. The predicted molar refractivity (Wildman–Crippen MR) is 109 cm³/mol. The van der Waals surface area contributed by atoms with Crippen LogP contribution in [0.5, 0.6) is 0 Å². The number of halogens is 2. The molecule has 0 bridgehead atoms. The van der Waals surface area contributed by atoms with Crippen molar-refractivity contribution < 1.29 is 9.18 Å². The quantitative estimate of drug-likeness (QED) is 0.625. The van der Waals surface area contributed by atoms with E-state index in [4.69, 9.17) is 11.6 Å². The zero-order chi connectivity index (χ0) is 20.1. The number of hydrogen-bond donors (Lipinski definition) is 1. The number of anilines is 2. The van der Waals surface area contributed by atoms with Gasteiger partial charge in [-0.05, 0) is 55.0 Å². The molecule has 0 radical (unpaired) electrons. The van der Waals surface area contributed by atoms with Gasteiger partial charge in [0.25, 0.3) is 5.91 Å². The van der Waals surface area contributed by atoms with Crippen LogP contribution in [-0.2, 0) is 4.79 Å². The Morgan fingerprint density at radius 1 is 1.18 bits per heavy atom. The van der Waals surface area contributed by atoms with E-state index in [1.165, 1.54) is 18.3 Å². The van der Waals surface area contributed by atoms with Crippen LogP contribution in [-0.4, -0.2) is 37.0 Å². The molecule has 1 fully saturated rings. The van der Waals surface area contributed by atoms with E-state index in [9.17, 15) is 14.4 Å². The minimum absolute atomic E-state index is 0.0459. The molecule has 0 saturated carbocycles. The van der Waals surface area contributed by atoms with E-state index in [-0.39, 0.29) is 17.3 Å². The summed E-state index contributed by atoms with van der Waals surface area (Å²) in [5.74, 6) is -0.579. The standard InChI is InChI=1S/C21H20ClFN4O/c1-15-12-17(22)2-7-20(15)25-14-16(13-24)21(28)27-10-8-26(9-11-27)19-5-3-18(23)4-6-19/h2-7,12,14,25H,8-11H2,1H3/b16-14-. The highest BCUT2D eigenvalue weighted by molar-refractivity contribution is 6.30. The van der Waals surface area contributed by atoms with Gasteiger partial charge in [-0.15, -0.1) is 0 Å². The number of carbonyl (C=O) groups is 1. The molecule has 0 spiro atoms. The number of hydrogen-bond acceptors (Lipinski definition) is 4. The Labute approximate surface area is 168 Å². The third-order valence-electron chi connectivity index (χ3n) is 4.67. The van der Waals surface area contributed by atoms with Gasteiger partial charge in [-0.1, -0.05) is 11.6 Å². The lowest BCUT2D eigenvalue weighted by Gasteiger charge is -2.36. The molecule has 1 amide bonds. The van der Waals surface area contributed by atoms with Crippen LogP contribution in [0.3, 0.4) is 0 Å². The molecule has 144 valence electrons. The molecule has 3 rings (SSSR count). The smallest absolute Gasteiger partial charge is 0.266 e. The predicted octanol–water partition coefficient (Wildman–Crippen LogP) is 3.96. The summed E-state index contributed by atoms with van der Waals surface area (Å²) in [6.45, 7) is 4.13. The molecule has 28 heavy (non-hydrogen) atoms. The first-order valence-corrected chi connectivity index (χ1v) is 9.28. The van der Waals surface area contributed by atoms with E-state index < -0.39 is 0 Å². The molecule has 0 unspecified atom stereocenters. The second-order valence-corrected chi connectivity index (χ2v) is 6.97. The summed E-state index contributed by atoms with van der Waals surface area (Å²) in [6, 6.07) is 13.6. The largest absolute Gasteiger partial charge is 0.368 e. The third-order valence-corrected chi connectivity index (χ3v) is 4.91. The molecule has 1 saturated heterocycles. The topological polar surface area (TPSA) is 59.4 Å². The molecule has 1 heterocycles. The van der Waals surface area contributed by atoms with Gasteiger partial charge in [0, 0.05) is 48.8 Å². The van der Waals surface area contributed by atoms with Gasteiger partial charge in [0.15, 0.2) is 0 Å². The van der Waals surface area contributed by atoms with Crippen molar-refractivity contribution in [3.05, 3.63) is 70.6 Å². The van der Waals surface area contributed by atoms with Crippen molar-refractivity contribution in [3.8, 4) is 6.07 Å². The lowest BCUT2D eigenvalue weighted by atomic mass is 10.2. The number of amides is 1. The number of aryl methyl sites for hydroxylation is 1. The second kappa shape index (κ2) is 8.77. The van der Waals surface area contributed by atoms with Crippen LogP contribution in [0.1, 0.15) is 5.56 Å². The first-order chi connectivity index (χ1) is 13.5. The number of benzene rings is 2. The highest BCUT2D eigenvalue weighted by atomic mass is 35.5. The maximum atomic E-state index is 13.1. The maximum absolute atomic E-state index is 13.1. The van der Waals surface area contributed by atoms with Crippen molar-refractivity contribution >= 4 is 28.9 Å². The average Bonchev–Trinajstić information content (AvgIpc) is 2.70. The van der Waals surface area contributed by atoms with Crippen LogP contribution < -0.4 is 10.2 Å². The first-order valence-electron chi connectivity index (χ1n) is 8.90. The Hall–Kier alpha value is -3.04. The number of nitrogens with one attached hydrogen (secondary N) is 1. The van der Waals surface area contributed by atoms with E-state index in [0.29, 0.717) is 31.2 Å². The van der Waals surface area contributed by atoms with Crippen molar-refractivity contribution in [2.75, 3.05) is 36.4 Å². The van der Waals surface area contributed by atoms with Gasteiger partial charge in [-0.2, -0.15) is 5.26 Å². The summed E-state index contributed by atoms with van der Waals surface area (Å²) in [5, 5.41) is 13.0. The van der Waals surface area contributed by atoms with E-state index >= 15 is 0 Å². The molecule has 1 aliphatic rings. The highest BCUT2D eigenvalue weighted by Gasteiger charge is 2.24. The van der Waals surface area contributed by atoms with Gasteiger partial charge in [0.05, 0.1) is 0 Å². The van der Waals surface area contributed by atoms with Crippen LogP contribution in [0.15, 0.2) is 54.2 Å². The third kappa shape index (κ3) is 4.62.